The zero-order valence-corrected chi connectivity index (χ0v) is 14.8. The van der Waals surface area contributed by atoms with Crippen LogP contribution < -0.4 is 10.2 Å². The van der Waals surface area contributed by atoms with Gasteiger partial charge in [0.25, 0.3) is 0 Å². The Hall–Kier alpha value is -2.08. The van der Waals surface area contributed by atoms with E-state index in [2.05, 4.69) is 34.3 Å². The second-order valence-corrected chi connectivity index (χ2v) is 7.01. The van der Waals surface area contributed by atoms with Crippen molar-refractivity contribution in [1.82, 2.24) is 15.2 Å². The monoisotopic (exact) mass is 344 g/mol. The van der Waals surface area contributed by atoms with Crippen LogP contribution in [0.3, 0.4) is 0 Å². The molecular formula is C18H24N4OS. The average molecular weight is 344 g/mol. The fourth-order valence-electron chi connectivity index (χ4n) is 2.94. The number of thiazole rings is 1. The number of aromatic nitrogens is 1. The summed E-state index contributed by atoms with van der Waals surface area (Å²) in [5, 5.41) is 6.13. The number of hydrogen-bond acceptors (Lipinski definition) is 4. The van der Waals surface area contributed by atoms with Gasteiger partial charge in [0.05, 0.1) is 0 Å². The van der Waals surface area contributed by atoms with Gasteiger partial charge in [0.2, 0.25) is 0 Å². The summed E-state index contributed by atoms with van der Waals surface area (Å²) in [5.41, 5.74) is 1.25. The lowest BCUT2D eigenvalue weighted by Gasteiger charge is -2.23. The van der Waals surface area contributed by atoms with Crippen molar-refractivity contribution in [2.75, 3.05) is 37.6 Å². The number of nitrogens with one attached hydrogen (secondary N) is 1. The normalized spacial score (nSPS) is 16.5. The number of rotatable bonds is 4. The lowest BCUT2D eigenvalue weighted by atomic mass is 10.0. The fourth-order valence-corrected chi connectivity index (χ4v) is 3.63. The highest BCUT2D eigenvalue weighted by atomic mass is 32.1. The Bertz CT molecular complexity index is 632. The summed E-state index contributed by atoms with van der Waals surface area (Å²) in [7, 11) is 0. The van der Waals surface area contributed by atoms with Crippen molar-refractivity contribution in [2.45, 2.75) is 19.3 Å². The zero-order chi connectivity index (χ0) is 16.8. The largest absolute Gasteiger partial charge is 0.346 e. The Labute approximate surface area is 147 Å². The molecule has 0 aliphatic carbocycles. The number of hydrogen-bond donors (Lipinski definition) is 1. The van der Waals surface area contributed by atoms with Gasteiger partial charge in [-0.15, -0.1) is 11.3 Å². The van der Waals surface area contributed by atoms with Crippen molar-refractivity contribution in [1.29, 1.82) is 0 Å². The minimum Gasteiger partial charge on any atom is -0.346 e. The minimum absolute atomic E-state index is 0.0405. The molecule has 3 rings (SSSR count). The maximum atomic E-state index is 12.5. The topological polar surface area (TPSA) is 48.5 Å². The molecule has 1 aromatic heterocycles. The summed E-state index contributed by atoms with van der Waals surface area (Å²) in [6, 6.07) is 10.3. The first-order valence-corrected chi connectivity index (χ1v) is 9.34. The number of nitrogens with zero attached hydrogens (tertiary/aromatic N) is 3. The van der Waals surface area contributed by atoms with Gasteiger partial charge in [-0.3, -0.25) is 0 Å². The molecule has 1 atom stereocenters. The van der Waals surface area contributed by atoms with E-state index in [0.29, 0.717) is 12.5 Å². The van der Waals surface area contributed by atoms with Crippen LogP contribution >= 0.6 is 11.3 Å². The van der Waals surface area contributed by atoms with Crippen LogP contribution in [0.5, 0.6) is 0 Å². The number of urea groups is 1. The quantitative estimate of drug-likeness (QED) is 0.927. The van der Waals surface area contributed by atoms with Gasteiger partial charge in [0, 0.05) is 44.3 Å². The molecule has 6 heteroatoms. The molecule has 1 aliphatic rings. The molecule has 2 aromatic rings. The molecule has 0 radical (unpaired) electrons. The van der Waals surface area contributed by atoms with E-state index in [9.17, 15) is 4.79 Å². The van der Waals surface area contributed by atoms with Crippen LogP contribution in [0.2, 0.25) is 0 Å². The molecule has 128 valence electrons. The average Bonchev–Trinajstić information content (AvgIpc) is 3.04. The van der Waals surface area contributed by atoms with E-state index in [1.807, 2.05) is 34.7 Å². The number of carbonyl (C=O) groups excluding carboxylic acids is 1. The molecule has 0 saturated carbocycles. The molecule has 0 unspecified atom stereocenters. The van der Waals surface area contributed by atoms with Gasteiger partial charge in [-0.25, -0.2) is 9.78 Å². The number of benzene rings is 1. The third-order valence-corrected chi connectivity index (χ3v) is 5.23. The highest BCUT2D eigenvalue weighted by Crippen LogP contribution is 2.19. The number of anilines is 1. The van der Waals surface area contributed by atoms with Gasteiger partial charge >= 0.3 is 6.03 Å². The Morgan fingerprint density at radius 1 is 1.25 bits per heavy atom. The van der Waals surface area contributed by atoms with Crippen LogP contribution in [0.4, 0.5) is 9.93 Å². The molecule has 5 nitrogen and oxygen atoms in total. The number of carbonyl (C=O) groups is 1. The maximum absolute atomic E-state index is 12.5. The van der Waals surface area contributed by atoms with E-state index < -0.39 is 0 Å². The molecule has 0 spiro atoms. The predicted octanol–water partition coefficient (Wildman–Crippen LogP) is 3.17. The molecule has 1 aromatic carbocycles. The van der Waals surface area contributed by atoms with Crippen LogP contribution in [0.15, 0.2) is 41.9 Å². The third kappa shape index (κ3) is 4.26. The standard InChI is InChI=1S/C18H24N4OS/c1-15(16-6-3-2-4-7-16)14-20-17(23)21-9-5-10-22(12-11-21)18-19-8-13-24-18/h2-4,6-8,13,15H,5,9-12,14H2,1H3,(H,20,23)/t15-/m0/s1. The summed E-state index contributed by atoms with van der Waals surface area (Å²) in [4.78, 5) is 21.0. The second kappa shape index (κ2) is 8.15. The third-order valence-electron chi connectivity index (χ3n) is 4.40. The summed E-state index contributed by atoms with van der Waals surface area (Å²) in [6.45, 7) is 6.14. The summed E-state index contributed by atoms with van der Waals surface area (Å²) in [5.74, 6) is 0.314. The van der Waals surface area contributed by atoms with E-state index in [1.54, 1.807) is 11.3 Å². The first-order valence-electron chi connectivity index (χ1n) is 8.46. The Kier molecular flexibility index (Phi) is 5.69. The van der Waals surface area contributed by atoms with Gasteiger partial charge in [-0.2, -0.15) is 0 Å². The SMILES string of the molecule is C[C@@H](CNC(=O)N1CCCN(c2nccs2)CC1)c1ccccc1. The Morgan fingerprint density at radius 2 is 2.08 bits per heavy atom. The predicted molar refractivity (Wildman–Crippen MR) is 98.8 cm³/mol. The van der Waals surface area contributed by atoms with Crippen molar-refractivity contribution in [2.24, 2.45) is 0 Å². The van der Waals surface area contributed by atoms with Gasteiger partial charge in [-0.1, -0.05) is 37.3 Å². The first-order chi connectivity index (χ1) is 11.7. The smallest absolute Gasteiger partial charge is 0.317 e. The maximum Gasteiger partial charge on any atom is 0.317 e. The minimum atomic E-state index is 0.0405. The van der Waals surface area contributed by atoms with E-state index in [-0.39, 0.29) is 6.03 Å². The molecule has 24 heavy (non-hydrogen) atoms. The molecular weight excluding hydrogens is 320 g/mol. The van der Waals surface area contributed by atoms with Crippen molar-refractivity contribution < 1.29 is 4.79 Å². The van der Waals surface area contributed by atoms with Crippen LogP contribution in [-0.2, 0) is 0 Å². The summed E-state index contributed by atoms with van der Waals surface area (Å²) >= 11 is 1.66. The summed E-state index contributed by atoms with van der Waals surface area (Å²) in [6.07, 6.45) is 2.81. The van der Waals surface area contributed by atoms with E-state index in [0.717, 1.165) is 37.7 Å². The van der Waals surface area contributed by atoms with Gasteiger partial charge in [0.1, 0.15) is 0 Å². The second-order valence-electron chi connectivity index (χ2n) is 6.14. The van der Waals surface area contributed by atoms with Gasteiger partial charge in [-0.05, 0) is 17.9 Å². The Morgan fingerprint density at radius 3 is 2.83 bits per heavy atom. The molecule has 2 heterocycles. The first kappa shape index (κ1) is 16.8. The molecule has 0 bridgehead atoms. The van der Waals surface area contributed by atoms with Crippen LogP contribution in [-0.4, -0.2) is 48.6 Å². The lowest BCUT2D eigenvalue weighted by Crippen LogP contribution is -2.43. The number of amides is 2. The van der Waals surface area contributed by atoms with E-state index in [4.69, 9.17) is 0 Å². The van der Waals surface area contributed by atoms with Gasteiger partial charge in [0.15, 0.2) is 5.13 Å². The van der Waals surface area contributed by atoms with Crippen LogP contribution in [0.1, 0.15) is 24.8 Å². The van der Waals surface area contributed by atoms with E-state index >= 15 is 0 Å². The zero-order valence-electron chi connectivity index (χ0n) is 14.0. The molecule has 1 N–H and O–H groups in total. The Balaban J connectivity index is 1.48. The van der Waals surface area contributed by atoms with Crippen molar-refractivity contribution >= 4 is 22.5 Å². The lowest BCUT2D eigenvalue weighted by molar-refractivity contribution is 0.201. The van der Waals surface area contributed by atoms with Crippen molar-refractivity contribution in [3.05, 3.63) is 47.5 Å². The van der Waals surface area contributed by atoms with Crippen molar-refractivity contribution in [3.63, 3.8) is 0 Å². The van der Waals surface area contributed by atoms with Crippen LogP contribution in [0, 0.1) is 0 Å². The van der Waals surface area contributed by atoms with Gasteiger partial charge < -0.3 is 15.1 Å². The molecule has 1 saturated heterocycles. The molecule has 2 amide bonds. The highest BCUT2D eigenvalue weighted by molar-refractivity contribution is 7.13. The molecule has 1 aliphatic heterocycles. The molecule has 1 fully saturated rings. The summed E-state index contributed by atoms with van der Waals surface area (Å²) < 4.78 is 0. The fraction of sp³-hybridized carbons (Fsp3) is 0.444. The van der Waals surface area contributed by atoms with Crippen molar-refractivity contribution in [3.8, 4) is 0 Å². The van der Waals surface area contributed by atoms with Crippen LogP contribution in [0.25, 0.3) is 0 Å². The van der Waals surface area contributed by atoms with E-state index in [1.165, 1.54) is 5.56 Å². The highest BCUT2D eigenvalue weighted by Gasteiger charge is 2.20.